The maximum atomic E-state index is 13.2. The van der Waals surface area contributed by atoms with Crippen LogP contribution in [-0.4, -0.2) is 45.6 Å². The first-order valence-corrected chi connectivity index (χ1v) is 11.0. The summed E-state index contributed by atoms with van der Waals surface area (Å²) < 4.78 is 14.2. The molecule has 1 aromatic carbocycles. The average molecular weight is 426 g/mol. The molecule has 0 unspecified atom stereocenters. The fraction of sp³-hybridized carbons (Fsp3) is 0.478. The van der Waals surface area contributed by atoms with Crippen molar-refractivity contribution in [2.45, 2.75) is 51.0 Å². The smallest absolute Gasteiger partial charge is 0.271 e. The number of hydrogen-bond donors (Lipinski definition) is 1. The summed E-state index contributed by atoms with van der Waals surface area (Å²) in [6.07, 6.45) is 6.87. The van der Waals surface area contributed by atoms with Gasteiger partial charge in [0.15, 0.2) is 0 Å². The second-order valence-corrected chi connectivity index (χ2v) is 8.35. The van der Waals surface area contributed by atoms with Gasteiger partial charge in [-0.15, -0.1) is 0 Å². The SMILES string of the molecule is O=C(NC1CCN(C(=O)C2CCCCC2)CC1)c1ccc(=O)n(-c2ccc(F)cc2)n1. The van der Waals surface area contributed by atoms with E-state index in [9.17, 15) is 18.8 Å². The molecule has 1 N–H and O–H groups in total. The number of rotatable bonds is 4. The number of nitrogens with zero attached hydrogens (tertiary/aromatic N) is 3. The molecule has 2 heterocycles. The van der Waals surface area contributed by atoms with E-state index in [1.165, 1.54) is 42.8 Å². The van der Waals surface area contributed by atoms with E-state index in [0.717, 1.165) is 30.4 Å². The Labute approximate surface area is 180 Å². The van der Waals surface area contributed by atoms with E-state index in [1.807, 2.05) is 4.90 Å². The van der Waals surface area contributed by atoms with E-state index in [-0.39, 0.29) is 29.5 Å². The van der Waals surface area contributed by atoms with Crippen LogP contribution in [0.25, 0.3) is 5.69 Å². The van der Waals surface area contributed by atoms with Gasteiger partial charge >= 0.3 is 0 Å². The Hall–Kier alpha value is -3.03. The van der Waals surface area contributed by atoms with Gasteiger partial charge < -0.3 is 10.2 Å². The molecule has 1 aromatic heterocycles. The van der Waals surface area contributed by atoms with Crippen molar-refractivity contribution >= 4 is 11.8 Å². The zero-order valence-corrected chi connectivity index (χ0v) is 17.4. The van der Waals surface area contributed by atoms with Crippen LogP contribution in [0, 0.1) is 11.7 Å². The first kappa shape index (κ1) is 21.2. The van der Waals surface area contributed by atoms with E-state index in [0.29, 0.717) is 31.6 Å². The summed E-state index contributed by atoms with van der Waals surface area (Å²) in [6.45, 7) is 1.28. The van der Waals surface area contributed by atoms with Crippen LogP contribution >= 0.6 is 0 Å². The fourth-order valence-electron chi connectivity index (χ4n) is 4.41. The van der Waals surface area contributed by atoms with Gasteiger partial charge in [0.1, 0.15) is 11.5 Å². The second kappa shape index (κ2) is 9.41. The summed E-state index contributed by atoms with van der Waals surface area (Å²) in [5.74, 6) is -0.360. The quantitative estimate of drug-likeness (QED) is 0.815. The van der Waals surface area contributed by atoms with Crippen LogP contribution in [0.1, 0.15) is 55.4 Å². The van der Waals surface area contributed by atoms with Crippen LogP contribution in [0.15, 0.2) is 41.2 Å². The Bertz CT molecular complexity index is 991. The molecule has 0 atom stereocenters. The van der Waals surface area contributed by atoms with Crippen molar-refractivity contribution < 1.29 is 14.0 Å². The van der Waals surface area contributed by atoms with Gasteiger partial charge in [-0.05, 0) is 56.0 Å². The van der Waals surface area contributed by atoms with E-state index < -0.39 is 11.4 Å². The topological polar surface area (TPSA) is 84.3 Å². The number of amides is 2. The molecule has 4 rings (SSSR count). The summed E-state index contributed by atoms with van der Waals surface area (Å²) in [4.78, 5) is 39.5. The largest absolute Gasteiger partial charge is 0.348 e. The molecule has 2 amide bonds. The van der Waals surface area contributed by atoms with Crippen LogP contribution in [0.3, 0.4) is 0 Å². The first-order chi connectivity index (χ1) is 15.0. The highest BCUT2D eigenvalue weighted by Crippen LogP contribution is 2.26. The maximum absolute atomic E-state index is 13.2. The van der Waals surface area contributed by atoms with E-state index in [4.69, 9.17) is 0 Å². The zero-order chi connectivity index (χ0) is 21.8. The van der Waals surface area contributed by atoms with Crippen molar-refractivity contribution in [1.29, 1.82) is 0 Å². The van der Waals surface area contributed by atoms with Gasteiger partial charge in [0.05, 0.1) is 5.69 Å². The Morgan fingerprint density at radius 1 is 0.935 bits per heavy atom. The molecule has 0 spiro atoms. The predicted molar refractivity (Wildman–Crippen MR) is 113 cm³/mol. The molecule has 164 valence electrons. The Morgan fingerprint density at radius 3 is 2.29 bits per heavy atom. The third kappa shape index (κ3) is 5.00. The van der Waals surface area contributed by atoms with E-state index in [2.05, 4.69) is 10.4 Å². The molecule has 1 saturated heterocycles. The lowest BCUT2D eigenvalue weighted by molar-refractivity contribution is -0.137. The van der Waals surface area contributed by atoms with Gasteiger partial charge in [-0.2, -0.15) is 9.78 Å². The van der Waals surface area contributed by atoms with Gasteiger partial charge in [0.25, 0.3) is 11.5 Å². The molecule has 2 aliphatic rings. The van der Waals surface area contributed by atoms with Gasteiger partial charge in [0.2, 0.25) is 5.91 Å². The highest BCUT2D eigenvalue weighted by atomic mass is 19.1. The number of likely N-dealkylation sites (tertiary alicyclic amines) is 1. The number of nitrogens with one attached hydrogen (secondary N) is 1. The zero-order valence-electron chi connectivity index (χ0n) is 17.4. The van der Waals surface area contributed by atoms with Crippen molar-refractivity contribution in [2.24, 2.45) is 5.92 Å². The molecular weight excluding hydrogens is 399 g/mol. The number of hydrogen-bond acceptors (Lipinski definition) is 4. The van der Waals surface area contributed by atoms with Crippen LogP contribution in [0.5, 0.6) is 0 Å². The number of halogens is 1. The van der Waals surface area contributed by atoms with Crippen molar-refractivity contribution in [3.8, 4) is 5.69 Å². The number of benzene rings is 1. The minimum Gasteiger partial charge on any atom is -0.348 e. The van der Waals surface area contributed by atoms with Crippen LogP contribution in [-0.2, 0) is 4.79 Å². The summed E-state index contributed by atoms with van der Waals surface area (Å²) in [7, 11) is 0. The molecule has 0 radical (unpaired) electrons. The van der Waals surface area contributed by atoms with Gasteiger partial charge in [-0.1, -0.05) is 19.3 Å². The molecule has 7 nitrogen and oxygen atoms in total. The summed E-state index contributed by atoms with van der Waals surface area (Å²) >= 11 is 0. The van der Waals surface area contributed by atoms with E-state index >= 15 is 0 Å². The highest BCUT2D eigenvalue weighted by Gasteiger charge is 2.29. The molecule has 1 aliphatic carbocycles. The Kier molecular flexibility index (Phi) is 6.44. The van der Waals surface area contributed by atoms with E-state index in [1.54, 1.807) is 0 Å². The lowest BCUT2D eigenvalue weighted by Gasteiger charge is -2.35. The molecule has 2 fully saturated rings. The summed E-state index contributed by atoms with van der Waals surface area (Å²) in [6, 6.07) is 7.96. The number of carbonyl (C=O) groups is 2. The normalized spacial score (nSPS) is 18.0. The molecule has 31 heavy (non-hydrogen) atoms. The molecule has 1 aliphatic heterocycles. The number of aromatic nitrogens is 2. The molecule has 8 heteroatoms. The average Bonchev–Trinajstić information content (AvgIpc) is 2.80. The molecular formula is C23H27FN4O3. The summed E-state index contributed by atoms with van der Waals surface area (Å²) in [5.41, 5.74) is 0.0953. The first-order valence-electron chi connectivity index (χ1n) is 11.0. The monoisotopic (exact) mass is 426 g/mol. The lowest BCUT2D eigenvalue weighted by Crippen LogP contribution is -2.48. The van der Waals surface area contributed by atoms with Crippen LogP contribution in [0.2, 0.25) is 0 Å². The Balaban J connectivity index is 1.36. The number of piperidine rings is 1. The van der Waals surface area contributed by atoms with Crippen molar-refractivity contribution in [3.05, 3.63) is 58.3 Å². The highest BCUT2D eigenvalue weighted by molar-refractivity contribution is 5.92. The second-order valence-electron chi connectivity index (χ2n) is 8.35. The van der Waals surface area contributed by atoms with Crippen LogP contribution in [0.4, 0.5) is 4.39 Å². The van der Waals surface area contributed by atoms with Gasteiger partial charge in [0, 0.05) is 31.1 Å². The molecule has 1 saturated carbocycles. The summed E-state index contributed by atoms with van der Waals surface area (Å²) in [5, 5.41) is 7.11. The fourth-order valence-corrected chi connectivity index (χ4v) is 4.41. The lowest BCUT2D eigenvalue weighted by atomic mass is 9.87. The number of carbonyl (C=O) groups excluding carboxylic acids is 2. The maximum Gasteiger partial charge on any atom is 0.271 e. The van der Waals surface area contributed by atoms with Crippen molar-refractivity contribution in [3.63, 3.8) is 0 Å². The molecule has 0 bridgehead atoms. The van der Waals surface area contributed by atoms with Crippen LogP contribution < -0.4 is 10.9 Å². The minimum absolute atomic E-state index is 0.0455. The van der Waals surface area contributed by atoms with Crippen molar-refractivity contribution in [1.82, 2.24) is 20.0 Å². The van der Waals surface area contributed by atoms with Crippen molar-refractivity contribution in [2.75, 3.05) is 13.1 Å². The Morgan fingerprint density at radius 2 is 1.61 bits per heavy atom. The van der Waals surface area contributed by atoms with Gasteiger partial charge in [-0.25, -0.2) is 4.39 Å². The standard InChI is InChI=1S/C23H27FN4O3/c24-17-6-8-19(9-7-17)28-21(29)11-10-20(26-28)22(30)25-18-12-14-27(15-13-18)23(31)16-4-2-1-3-5-16/h6-11,16,18H,1-5,12-15H2,(H,25,30). The molecule has 2 aromatic rings. The third-order valence-corrected chi connectivity index (χ3v) is 6.20. The minimum atomic E-state index is -0.418. The van der Waals surface area contributed by atoms with Gasteiger partial charge in [-0.3, -0.25) is 14.4 Å². The predicted octanol–water partition coefficient (Wildman–Crippen LogP) is 2.67. The third-order valence-electron chi connectivity index (χ3n) is 6.20.